The van der Waals surface area contributed by atoms with Crippen LogP contribution in [0.5, 0.6) is 0 Å². The highest BCUT2D eigenvalue weighted by atomic mass is 15.5. The third kappa shape index (κ3) is 3.32. The molecule has 0 aromatic heterocycles. The molecule has 0 saturated heterocycles. The zero-order valence-corrected chi connectivity index (χ0v) is 16.3. The summed E-state index contributed by atoms with van der Waals surface area (Å²) >= 11 is 0. The lowest BCUT2D eigenvalue weighted by atomic mass is 10.0. The van der Waals surface area contributed by atoms with Gasteiger partial charge in [0.2, 0.25) is 0 Å². The van der Waals surface area contributed by atoms with E-state index in [4.69, 9.17) is 0 Å². The van der Waals surface area contributed by atoms with Crippen molar-refractivity contribution in [2.24, 2.45) is 0 Å². The van der Waals surface area contributed by atoms with E-state index in [9.17, 15) is 0 Å². The van der Waals surface area contributed by atoms with Crippen LogP contribution in [0.4, 0.5) is 11.4 Å². The van der Waals surface area contributed by atoms with Gasteiger partial charge in [0, 0.05) is 13.1 Å². The van der Waals surface area contributed by atoms with Crippen LogP contribution >= 0.6 is 0 Å². The number of hydrogen-bond acceptors (Lipinski definition) is 2. The van der Waals surface area contributed by atoms with Crippen molar-refractivity contribution in [2.45, 2.75) is 45.4 Å². The van der Waals surface area contributed by atoms with Gasteiger partial charge in [0.1, 0.15) is 5.66 Å². The number of nitrogens with zero attached hydrogens (tertiary/aromatic N) is 2. The van der Waals surface area contributed by atoms with Crippen molar-refractivity contribution < 1.29 is 0 Å². The standard InChI is InChI=1S/C25H28N2/c1-3-18-25(2)26(19-21-12-6-4-7-13-21)23-16-10-11-17-24(23)27(25)20-22-14-8-5-9-15-22/h4-17H,3,18-20H2,1-2H3. The maximum Gasteiger partial charge on any atom is 0.111 e. The van der Waals surface area contributed by atoms with Crippen LogP contribution in [0.15, 0.2) is 84.9 Å². The highest BCUT2D eigenvalue weighted by molar-refractivity contribution is 5.79. The second-order valence-electron chi connectivity index (χ2n) is 7.60. The third-order valence-electron chi connectivity index (χ3n) is 5.72. The van der Waals surface area contributed by atoms with E-state index in [1.165, 1.54) is 22.5 Å². The lowest BCUT2D eigenvalue weighted by molar-refractivity contribution is 0.378. The summed E-state index contributed by atoms with van der Waals surface area (Å²) in [5, 5.41) is 0. The topological polar surface area (TPSA) is 6.48 Å². The van der Waals surface area contributed by atoms with Gasteiger partial charge in [-0.1, -0.05) is 86.1 Å². The van der Waals surface area contributed by atoms with Gasteiger partial charge in [0.25, 0.3) is 0 Å². The maximum atomic E-state index is 2.60. The van der Waals surface area contributed by atoms with Crippen LogP contribution in [0.3, 0.4) is 0 Å². The van der Waals surface area contributed by atoms with Crippen LogP contribution in [0.25, 0.3) is 0 Å². The van der Waals surface area contributed by atoms with Crippen LogP contribution in [-0.4, -0.2) is 5.66 Å². The van der Waals surface area contributed by atoms with Gasteiger partial charge in [-0.3, -0.25) is 0 Å². The maximum absolute atomic E-state index is 2.60. The van der Waals surface area contributed by atoms with Gasteiger partial charge in [-0.25, -0.2) is 0 Å². The monoisotopic (exact) mass is 356 g/mol. The fourth-order valence-electron chi connectivity index (χ4n) is 4.37. The molecule has 138 valence electrons. The Kier molecular flexibility index (Phi) is 4.89. The number of fused-ring (bicyclic) bond motifs is 1. The molecule has 2 heteroatoms. The average molecular weight is 357 g/mol. The van der Waals surface area contributed by atoms with Crippen molar-refractivity contribution >= 4 is 11.4 Å². The van der Waals surface area contributed by atoms with E-state index in [2.05, 4.69) is 109 Å². The zero-order valence-electron chi connectivity index (χ0n) is 16.3. The molecule has 0 atom stereocenters. The highest BCUT2D eigenvalue weighted by Crippen LogP contribution is 2.48. The molecule has 1 aliphatic heterocycles. The Hall–Kier alpha value is -2.74. The predicted molar refractivity (Wildman–Crippen MR) is 115 cm³/mol. The van der Waals surface area contributed by atoms with Crippen molar-refractivity contribution in [3.8, 4) is 0 Å². The summed E-state index contributed by atoms with van der Waals surface area (Å²) in [6.07, 6.45) is 2.28. The molecule has 0 spiro atoms. The van der Waals surface area contributed by atoms with E-state index < -0.39 is 0 Å². The Morgan fingerprint density at radius 3 is 1.44 bits per heavy atom. The normalized spacial score (nSPS) is 15.0. The summed E-state index contributed by atoms with van der Waals surface area (Å²) in [7, 11) is 0. The summed E-state index contributed by atoms with van der Waals surface area (Å²) < 4.78 is 0. The van der Waals surface area contributed by atoms with E-state index in [0.29, 0.717) is 0 Å². The Labute approximate surface area is 163 Å². The van der Waals surface area contributed by atoms with Crippen LogP contribution in [0, 0.1) is 0 Å². The van der Waals surface area contributed by atoms with Crippen LogP contribution < -0.4 is 9.80 Å². The van der Waals surface area contributed by atoms with Gasteiger partial charge in [0.05, 0.1) is 11.4 Å². The first kappa shape index (κ1) is 17.7. The largest absolute Gasteiger partial charge is 0.343 e. The Balaban J connectivity index is 1.76. The minimum absolute atomic E-state index is 0.0376. The van der Waals surface area contributed by atoms with Gasteiger partial charge >= 0.3 is 0 Å². The summed E-state index contributed by atoms with van der Waals surface area (Å²) in [5.41, 5.74) is 5.36. The third-order valence-corrected chi connectivity index (χ3v) is 5.72. The van der Waals surface area contributed by atoms with E-state index in [1.807, 2.05) is 0 Å². The van der Waals surface area contributed by atoms with Crippen molar-refractivity contribution in [2.75, 3.05) is 9.80 Å². The smallest absolute Gasteiger partial charge is 0.111 e. The minimum atomic E-state index is -0.0376. The number of benzene rings is 3. The summed E-state index contributed by atoms with van der Waals surface area (Å²) in [5.74, 6) is 0. The van der Waals surface area contributed by atoms with Gasteiger partial charge in [-0.15, -0.1) is 0 Å². The molecule has 0 N–H and O–H groups in total. The molecule has 27 heavy (non-hydrogen) atoms. The van der Waals surface area contributed by atoms with Crippen molar-refractivity contribution in [3.05, 3.63) is 96.1 Å². The molecule has 0 aliphatic carbocycles. The molecule has 0 amide bonds. The number of anilines is 2. The molecular weight excluding hydrogens is 328 g/mol. The zero-order chi connectivity index (χ0) is 18.7. The van der Waals surface area contributed by atoms with Crippen LogP contribution in [0.1, 0.15) is 37.8 Å². The van der Waals surface area contributed by atoms with E-state index in [0.717, 1.165) is 25.9 Å². The molecule has 3 aromatic rings. The van der Waals surface area contributed by atoms with Crippen molar-refractivity contribution in [1.82, 2.24) is 0 Å². The molecule has 1 heterocycles. The Morgan fingerprint density at radius 2 is 1.04 bits per heavy atom. The lowest BCUT2D eigenvalue weighted by Crippen LogP contribution is -2.54. The first-order chi connectivity index (χ1) is 13.2. The van der Waals surface area contributed by atoms with Crippen LogP contribution in [-0.2, 0) is 13.1 Å². The fourth-order valence-corrected chi connectivity index (χ4v) is 4.37. The first-order valence-corrected chi connectivity index (χ1v) is 9.94. The molecular formula is C25H28N2. The Morgan fingerprint density at radius 1 is 0.630 bits per heavy atom. The van der Waals surface area contributed by atoms with Crippen molar-refractivity contribution in [3.63, 3.8) is 0 Å². The van der Waals surface area contributed by atoms with Crippen molar-refractivity contribution in [1.29, 1.82) is 0 Å². The van der Waals surface area contributed by atoms with E-state index >= 15 is 0 Å². The van der Waals surface area contributed by atoms with Gasteiger partial charge in [-0.05, 0) is 36.6 Å². The molecule has 0 fully saturated rings. The molecule has 0 saturated carbocycles. The van der Waals surface area contributed by atoms with Crippen LogP contribution in [0.2, 0.25) is 0 Å². The molecule has 0 bridgehead atoms. The SMILES string of the molecule is CCCC1(C)N(Cc2ccccc2)c2ccccc2N1Cc1ccccc1. The molecule has 0 unspecified atom stereocenters. The summed E-state index contributed by atoms with van der Waals surface area (Å²) in [4.78, 5) is 5.20. The summed E-state index contributed by atoms with van der Waals surface area (Å²) in [6, 6.07) is 30.5. The summed E-state index contributed by atoms with van der Waals surface area (Å²) in [6.45, 7) is 6.55. The molecule has 2 nitrogen and oxygen atoms in total. The molecule has 4 rings (SSSR count). The predicted octanol–water partition coefficient (Wildman–Crippen LogP) is 6.23. The quantitative estimate of drug-likeness (QED) is 0.516. The number of para-hydroxylation sites is 2. The van der Waals surface area contributed by atoms with E-state index in [-0.39, 0.29) is 5.66 Å². The average Bonchev–Trinajstić information content (AvgIpc) is 2.93. The number of hydrogen-bond donors (Lipinski definition) is 0. The second-order valence-corrected chi connectivity index (χ2v) is 7.60. The van der Waals surface area contributed by atoms with Gasteiger partial charge in [0.15, 0.2) is 0 Å². The van der Waals surface area contributed by atoms with Gasteiger partial charge in [-0.2, -0.15) is 0 Å². The molecule has 3 aromatic carbocycles. The minimum Gasteiger partial charge on any atom is -0.343 e. The lowest BCUT2D eigenvalue weighted by Gasteiger charge is -2.44. The highest BCUT2D eigenvalue weighted by Gasteiger charge is 2.44. The molecule has 0 radical (unpaired) electrons. The first-order valence-electron chi connectivity index (χ1n) is 9.94. The van der Waals surface area contributed by atoms with Gasteiger partial charge < -0.3 is 9.80 Å². The second kappa shape index (κ2) is 7.48. The van der Waals surface area contributed by atoms with E-state index in [1.54, 1.807) is 0 Å². The molecule has 1 aliphatic rings. The Bertz CT molecular complexity index is 805. The number of rotatable bonds is 6. The fraction of sp³-hybridized carbons (Fsp3) is 0.280.